The number of nitrogens with zero attached hydrogens (tertiary/aromatic N) is 2. The Morgan fingerprint density at radius 2 is 0.508 bits per heavy atom. The number of carbonyl (C=O) groups excluding carboxylic acids is 2. The van der Waals surface area contributed by atoms with Crippen molar-refractivity contribution in [2.75, 3.05) is 92.1 Å². The molecular weight excluding hydrogens is 1500 g/mol. The Labute approximate surface area is 737 Å². The van der Waals surface area contributed by atoms with E-state index in [4.69, 9.17) is 36.7 Å². The lowest BCUT2D eigenvalue weighted by atomic mass is 9.94. The predicted octanol–water partition coefficient (Wildman–Crippen LogP) is 30.1. The lowest BCUT2D eigenvalue weighted by molar-refractivity contribution is -0.150. The summed E-state index contributed by atoms with van der Waals surface area (Å²) >= 11 is 0. The summed E-state index contributed by atoms with van der Waals surface area (Å²) in [4.78, 5) is 31.2. The zero-order valence-electron chi connectivity index (χ0n) is 81.1. The van der Waals surface area contributed by atoms with Gasteiger partial charge in [0.25, 0.3) is 0 Å². The van der Waals surface area contributed by atoms with Crippen LogP contribution < -0.4 is 0 Å². The fourth-order valence-electron chi connectivity index (χ4n) is 15.6. The maximum Gasteiger partial charge on any atom is 0.333 e. The van der Waals surface area contributed by atoms with Gasteiger partial charge in [0.1, 0.15) is 12.6 Å². The zero-order valence-corrected chi connectivity index (χ0v) is 83.1. The highest BCUT2D eigenvalue weighted by atomic mass is 28.4. The Balaban J connectivity index is 0. The van der Waals surface area contributed by atoms with Crippen molar-refractivity contribution in [1.29, 1.82) is 0 Å². The number of aliphatic hydroxyl groups excluding tert-OH is 2. The smallest absolute Gasteiger partial charge is 0.333 e. The number of aliphatic hydroxyl groups is 2. The maximum atomic E-state index is 13.0. The number of allylic oxidation sites excluding steroid dienone is 4. The van der Waals surface area contributed by atoms with E-state index in [9.17, 15) is 19.8 Å². The molecule has 118 heavy (non-hydrogen) atoms. The van der Waals surface area contributed by atoms with Crippen LogP contribution in [0, 0.1) is 11.8 Å². The van der Waals surface area contributed by atoms with Crippen molar-refractivity contribution in [3.63, 3.8) is 0 Å². The van der Waals surface area contributed by atoms with Crippen molar-refractivity contribution in [3.05, 3.63) is 24.3 Å². The summed E-state index contributed by atoms with van der Waals surface area (Å²) in [5, 5.41) is 18.7. The van der Waals surface area contributed by atoms with Gasteiger partial charge in [-0.1, -0.05) is 324 Å². The lowest BCUT2D eigenvalue weighted by Crippen LogP contribution is -2.40. The molecule has 0 aromatic carbocycles. The Morgan fingerprint density at radius 1 is 0.271 bits per heavy atom. The minimum Gasteiger partial charge on any atom is -0.465 e. The van der Waals surface area contributed by atoms with Crippen LogP contribution in [0.4, 0.5) is 0 Å². The van der Waals surface area contributed by atoms with Crippen LogP contribution in [0.25, 0.3) is 0 Å². The summed E-state index contributed by atoms with van der Waals surface area (Å²) in [5.41, 5.74) is 0. The molecular formula is C102H206N2O12Si2. The average molecular weight is 1710 g/mol. The second-order valence-electron chi connectivity index (χ2n) is 35.9. The van der Waals surface area contributed by atoms with Gasteiger partial charge in [0, 0.05) is 39.6 Å². The molecule has 0 fully saturated rings. The Kier molecular flexibility index (Phi) is 95.0. The number of unbranched alkanes of at least 4 members (excludes halogenated alkanes) is 44. The molecule has 0 spiro atoms. The van der Waals surface area contributed by atoms with Gasteiger partial charge in [-0.05, 0) is 245 Å². The second kappa shape index (κ2) is 94.6. The number of ether oxygens (including phenoxy) is 4. The molecule has 0 saturated carbocycles. The number of carbonyl (C=O) groups is 2. The second-order valence-corrected chi connectivity index (χ2v) is 42.6. The Bertz CT molecular complexity index is 1920. The molecule has 4 atom stereocenters. The molecule has 0 aliphatic carbocycles. The zero-order chi connectivity index (χ0) is 86.7. The van der Waals surface area contributed by atoms with Gasteiger partial charge in [-0.2, -0.15) is 0 Å². The summed E-state index contributed by atoms with van der Waals surface area (Å²) in [6, 6.07) is 0. The summed E-state index contributed by atoms with van der Waals surface area (Å²) in [7, 11) is -4.56. The molecule has 16 heteroatoms. The third kappa shape index (κ3) is 86.6. The highest BCUT2D eigenvalue weighted by Crippen LogP contribution is 2.26. The van der Waals surface area contributed by atoms with E-state index < -0.39 is 17.1 Å². The molecule has 0 aromatic rings. The molecule has 0 amide bonds. The van der Waals surface area contributed by atoms with Crippen LogP contribution in [0.15, 0.2) is 24.3 Å². The van der Waals surface area contributed by atoms with E-state index in [0.717, 1.165) is 233 Å². The van der Waals surface area contributed by atoms with E-state index in [-0.39, 0.29) is 49.6 Å². The number of hydrogen-bond acceptors (Lipinski definition) is 14. The van der Waals surface area contributed by atoms with Crippen LogP contribution in [0.5, 0.6) is 0 Å². The molecule has 0 aliphatic heterocycles. The minimum atomic E-state index is -2.28. The molecule has 4 unspecified atom stereocenters. The van der Waals surface area contributed by atoms with Gasteiger partial charge < -0.3 is 56.7 Å². The molecule has 0 rings (SSSR count). The first kappa shape index (κ1) is 118. The van der Waals surface area contributed by atoms with E-state index in [0.29, 0.717) is 13.2 Å². The molecule has 704 valence electrons. The fourth-order valence-corrected chi connectivity index (χ4v) is 18.7. The topological polar surface area (TPSA) is 155 Å². The van der Waals surface area contributed by atoms with Gasteiger partial charge in [0.15, 0.2) is 0 Å². The molecule has 2 N–H and O–H groups in total. The van der Waals surface area contributed by atoms with Gasteiger partial charge in [-0.25, -0.2) is 0 Å². The highest BCUT2D eigenvalue weighted by Gasteiger charge is 2.31. The van der Waals surface area contributed by atoms with Gasteiger partial charge >= 0.3 is 29.1 Å². The number of rotatable bonds is 96. The van der Waals surface area contributed by atoms with E-state index in [1.807, 2.05) is 0 Å². The normalized spacial score (nSPS) is 13.2. The quantitative estimate of drug-likeness (QED) is 0.0195. The summed E-state index contributed by atoms with van der Waals surface area (Å²) < 4.78 is 50.3. The van der Waals surface area contributed by atoms with Crippen LogP contribution >= 0.6 is 0 Å². The number of esters is 2. The van der Waals surface area contributed by atoms with Gasteiger partial charge in [0.2, 0.25) is 0 Å². The molecule has 0 saturated heterocycles. The first-order valence-corrected chi connectivity index (χ1v) is 57.5. The van der Waals surface area contributed by atoms with Gasteiger partial charge in [-0.15, -0.1) is 0 Å². The van der Waals surface area contributed by atoms with Crippen LogP contribution in [0.1, 0.15) is 479 Å². The summed E-state index contributed by atoms with van der Waals surface area (Å²) in [6.07, 6.45) is 86.0. The van der Waals surface area contributed by atoms with E-state index >= 15 is 0 Å². The van der Waals surface area contributed by atoms with Crippen molar-refractivity contribution in [3.8, 4) is 0 Å². The van der Waals surface area contributed by atoms with Crippen molar-refractivity contribution in [2.24, 2.45) is 11.8 Å². The van der Waals surface area contributed by atoms with Crippen LogP contribution in [-0.4, -0.2) is 154 Å². The molecule has 0 aliphatic rings. The third-order valence-corrected chi connectivity index (χ3v) is 26.7. The van der Waals surface area contributed by atoms with Crippen molar-refractivity contribution in [2.45, 2.75) is 518 Å². The molecule has 14 nitrogen and oxygen atoms in total. The lowest BCUT2D eigenvalue weighted by Gasteiger charge is -2.29. The van der Waals surface area contributed by atoms with Gasteiger partial charge in [-0.3, -0.25) is 9.59 Å². The fraction of sp³-hybridized carbons (Fsp3) is 0.941. The minimum absolute atomic E-state index is 0.0605. The van der Waals surface area contributed by atoms with E-state index in [1.165, 1.54) is 257 Å². The largest absolute Gasteiger partial charge is 0.465 e. The van der Waals surface area contributed by atoms with Crippen LogP contribution in [0.3, 0.4) is 0 Å². The van der Waals surface area contributed by atoms with Crippen LogP contribution in [0.2, 0.25) is 26.2 Å². The summed E-state index contributed by atoms with van der Waals surface area (Å²) in [5.74, 6) is 0.308. The summed E-state index contributed by atoms with van der Waals surface area (Å²) in [6.45, 7) is 38.0. The maximum absolute atomic E-state index is 13.0. The Morgan fingerprint density at radius 3 is 0.805 bits per heavy atom. The molecule has 0 heterocycles. The SMILES string of the molecule is CC/C=C\CCCCCOC(CCCCCCC)O[Si](C)(C)OCCCCCCN(CCCCO)CCCCCCOC(=O)C(CCCCCC)CCCCCCCC.CC/C=C\CCCCCOC(CCCCCCC)O[Si](C)(C)OCCCCCCN(CCCCO)CCCCCCOC(=O)C(CCCCCC)CCCCCCCC. The average Bonchev–Trinajstić information content (AvgIpc) is 0.942. The van der Waals surface area contributed by atoms with E-state index in [1.54, 1.807) is 0 Å². The van der Waals surface area contributed by atoms with Crippen LogP contribution in [-0.2, 0) is 46.2 Å². The first-order valence-electron chi connectivity index (χ1n) is 51.8. The van der Waals surface area contributed by atoms with Gasteiger partial charge in [0.05, 0.1) is 25.0 Å². The standard InChI is InChI=1S/2C51H103NO6Si/c2*1-7-11-15-19-21-26-36-46-55-50(41-31-22-17-13-9-3)58-59(5,6)57-48-38-28-25-33-43-52(44-34-35-45-53)42-32-24-27-37-47-56-51(54)49(39-29-18-14-10-4)40-30-23-20-16-12-8-2/h2*11,15,49-50,53H,7-10,12-14,16-48H2,1-6H3/b2*15-11-. The van der Waals surface area contributed by atoms with Crippen molar-refractivity contribution >= 4 is 29.1 Å². The molecule has 0 aromatic heterocycles. The first-order chi connectivity index (χ1) is 57.7. The third-order valence-electron chi connectivity index (χ3n) is 23.3. The number of hydrogen-bond donors (Lipinski definition) is 2. The van der Waals surface area contributed by atoms with Crippen molar-refractivity contribution < 1.29 is 56.5 Å². The molecule has 0 bridgehead atoms. The Hall–Kier alpha value is -1.55. The highest BCUT2D eigenvalue weighted by molar-refractivity contribution is 6.64. The van der Waals surface area contributed by atoms with Crippen molar-refractivity contribution in [1.82, 2.24) is 9.80 Å². The van der Waals surface area contributed by atoms with E-state index in [2.05, 4.69) is 116 Å². The monoisotopic (exact) mass is 1710 g/mol. The molecule has 0 radical (unpaired) electrons. The predicted molar refractivity (Wildman–Crippen MR) is 513 cm³/mol.